The fourth-order valence-corrected chi connectivity index (χ4v) is 4.62. The number of hydrogen-bond donors (Lipinski definition) is 0. The maximum atomic E-state index is 13.6. The van der Waals surface area contributed by atoms with Gasteiger partial charge in [-0.1, -0.05) is 30.3 Å². The van der Waals surface area contributed by atoms with Crippen molar-refractivity contribution in [3.63, 3.8) is 0 Å². The molecule has 6 rings (SSSR count). The fourth-order valence-electron chi connectivity index (χ4n) is 4.62. The molecule has 1 saturated heterocycles. The van der Waals surface area contributed by atoms with Gasteiger partial charge >= 0.3 is 0 Å². The standard InChI is InChI=1S/C27H23FN4O2/c1-27(2)13-20(34-27)14-32-15-22(24(31-32)18-8-10-19(28)11-9-18)25-21-12-23(17-6-4-3-5-7-17)33-26(21)30-16-29-25/h3-12,15-16,20H,13-14H2,1-2H3. The maximum absolute atomic E-state index is 13.6. The van der Waals surface area contributed by atoms with Gasteiger partial charge in [-0.2, -0.15) is 5.10 Å². The van der Waals surface area contributed by atoms with Crippen LogP contribution in [0.1, 0.15) is 20.3 Å². The van der Waals surface area contributed by atoms with Gasteiger partial charge in [-0.25, -0.2) is 14.4 Å². The quantitative estimate of drug-likeness (QED) is 0.320. The number of furan rings is 1. The summed E-state index contributed by atoms with van der Waals surface area (Å²) >= 11 is 0. The van der Waals surface area contributed by atoms with Gasteiger partial charge in [0.2, 0.25) is 5.71 Å². The third kappa shape index (κ3) is 3.78. The van der Waals surface area contributed by atoms with Crippen molar-refractivity contribution in [3.05, 3.63) is 79.0 Å². The monoisotopic (exact) mass is 454 g/mol. The largest absolute Gasteiger partial charge is 0.438 e. The van der Waals surface area contributed by atoms with Crippen LogP contribution < -0.4 is 0 Å². The van der Waals surface area contributed by atoms with E-state index in [1.54, 1.807) is 12.1 Å². The molecule has 1 unspecified atom stereocenters. The van der Waals surface area contributed by atoms with E-state index in [0.717, 1.165) is 45.6 Å². The highest BCUT2D eigenvalue weighted by Gasteiger charge is 2.37. The molecule has 0 aliphatic carbocycles. The van der Waals surface area contributed by atoms with Gasteiger partial charge in [0.05, 0.1) is 29.3 Å². The van der Waals surface area contributed by atoms with Gasteiger partial charge < -0.3 is 9.15 Å². The number of nitrogens with zero attached hydrogens (tertiary/aromatic N) is 4. The molecule has 34 heavy (non-hydrogen) atoms. The molecule has 0 amide bonds. The summed E-state index contributed by atoms with van der Waals surface area (Å²) in [6.45, 7) is 4.80. The van der Waals surface area contributed by atoms with Crippen molar-refractivity contribution in [1.82, 2.24) is 19.7 Å². The maximum Gasteiger partial charge on any atom is 0.230 e. The van der Waals surface area contributed by atoms with Gasteiger partial charge in [0.1, 0.15) is 23.6 Å². The van der Waals surface area contributed by atoms with Crippen LogP contribution in [0.2, 0.25) is 0 Å². The first kappa shape index (κ1) is 20.7. The Kier molecular flexibility index (Phi) is 4.81. The molecular formula is C27H23FN4O2. The fraction of sp³-hybridized carbons (Fsp3) is 0.222. The number of fused-ring (bicyclic) bond motifs is 1. The summed E-state index contributed by atoms with van der Waals surface area (Å²) in [6, 6.07) is 18.2. The van der Waals surface area contributed by atoms with Crippen LogP contribution in [0, 0.1) is 5.82 Å². The Morgan fingerprint density at radius 1 is 1.00 bits per heavy atom. The molecule has 4 heterocycles. The average Bonchev–Trinajstić information content (AvgIpc) is 3.43. The van der Waals surface area contributed by atoms with Gasteiger partial charge in [0, 0.05) is 29.3 Å². The minimum Gasteiger partial charge on any atom is -0.438 e. The zero-order chi connectivity index (χ0) is 23.3. The van der Waals surface area contributed by atoms with Crippen molar-refractivity contribution in [3.8, 4) is 33.8 Å². The summed E-state index contributed by atoms with van der Waals surface area (Å²) in [5, 5.41) is 5.65. The topological polar surface area (TPSA) is 66.0 Å². The highest BCUT2D eigenvalue weighted by Crippen LogP contribution is 2.38. The molecule has 0 radical (unpaired) electrons. The van der Waals surface area contributed by atoms with E-state index in [1.165, 1.54) is 18.5 Å². The minimum atomic E-state index is -0.290. The first-order valence-corrected chi connectivity index (χ1v) is 11.3. The molecule has 7 heteroatoms. The summed E-state index contributed by atoms with van der Waals surface area (Å²) in [6.07, 6.45) is 4.55. The number of benzene rings is 2. The van der Waals surface area contributed by atoms with Crippen LogP contribution in [0.4, 0.5) is 4.39 Å². The van der Waals surface area contributed by atoms with E-state index < -0.39 is 0 Å². The van der Waals surface area contributed by atoms with Crippen LogP contribution in [-0.2, 0) is 11.3 Å². The van der Waals surface area contributed by atoms with E-state index in [2.05, 4.69) is 23.8 Å². The number of aromatic nitrogens is 4. The lowest BCUT2D eigenvalue weighted by atomic mass is 9.93. The SMILES string of the molecule is CC1(C)CC(Cn2cc(-c3ncnc4oc(-c5ccccc5)cc34)c(-c3ccc(F)cc3)n2)O1. The van der Waals surface area contributed by atoms with Gasteiger partial charge in [-0.05, 0) is 44.2 Å². The van der Waals surface area contributed by atoms with Crippen LogP contribution in [0.15, 0.2) is 77.6 Å². The molecule has 1 fully saturated rings. The molecule has 2 aromatic carbocycles. The first-order chi connectivity index (χ1) is 16.4. The second-order valence-corrected chi connectivity index (χ2v) is 9.24. The lowest BCUT2D eigenvalue weighted by Gasteiger charge is -2.42. The van der Waals surface area contributed by atoms with Crippen LogP contribution >= 0.6 is 0 Å². The van der Waals surface area contributed by atoms with Crippen LogP contribution in [-0.4, -0.2) is 31.5 Å². The molecule has 1 aliphatic rings. The lowest BCUT2D eigenvalue weighted by Crippen LogP contribution is -2.47. The second-order valence-electron chi connectivity index (χ2n) is 9.24. The van der Waals surface area contributed by atoms with Crippen molar-refractivity contribution in [2.75, 3.05) is 0 Å². The molecule has 1 aliphatic heterocycles. The summed E-state index contributed by atoms with van der Waals surface area (Å²) in [5.74, 6) is 0.430. The number of rotatable bonds is 5. The zero-order valence-corrected chi connectivity index (χ0v) is 18.9. The van der Waals surface area contributed by atoms with Gasteiger partial charge in [0.15, 0.2) is 0 Å². The Morgan fingerprint density at radius 3 is 2.50 bits per heavy atom. The number of ether oxygens (including phenoxy) is 1. The predicted octanol–water partition coefficient (Wildman–Crippen LogP) is 6.13. The lowest BCUT2D eigenvalue weighted by molar-refractivity contribution is -0.189. The molecule has 6 nitrogen and oxygen atoms in total. The summed E-state index contributed by atoms with van der Waals surface area (Å²) in [5.41, 5.74) is 4.46. The Morgan fingerprint density at radius 2 is 1.76 bits per heavy atom. The third-order valence-electron chi connectivity index (χ3n) is 6.12. The summed E-state index contributed by atoms with van der Waals surface area (Å²) in [7, 11) is 0. The van der Waals surface area contributed by atoms with Crippen molar-refractivity contribution < 1.29 is 13.5 Å². The van der Waals surface area contributed by atoms with Crippen molar-refractivity contribution in [2.45, 2.75) is 38.5 Å². The van der Waals surface area contributed by atoms with Crippen molar-refractivity contribution in [1.29, 1.82) is 0 Å². The molecule has 1 atom stereocenters. The Balaban J connectivity index is 1.46. The Labute approximate surface area is 196 Å². The van der Waals surface area contributed by atoms with Crippen LogP contribution in [0.5, 0.6) is 0 Å². The number of halogens is 1. The minimum absolute atomic E-state index is 0.0934. The molecule has 170 valence electrons. The Hall–Kier alpha value is -3.84. The van der Waals surface area contributed by atoms with Gasteiger partial charge in [-0.15, -0.1) is 0 Å². The third-order valence-corrected chi connectivity index (χ3v) is 6.12. The van der Waals surface area contributed by atoms with Gasteiger partial charge in [-0.3, -0.25) is 4.68 Å². The Bertz CT molecular complexity index is 1460. The van der Waals surface area contributed by atoms with Gasteiger partial charge in [0.25, 0.3) is 0 Å². The summed E-state index contributed by atoms with van der Waals surface area (Å²) < 4.78 is 27.5. The molecule has 0 bridgehead atoms. The first-order valence-electron chi connectivity index (χ1n) is 11.3. The van der Waals surface area contributed by atoms with E-state index >= 15 is 0 Å². The number of hydrogen-bond acceptors (Lipinski definition) is 5. The highest BCUT2D eigenvalue weighted by molar-refractivity contribution is 5.95. The molecule has 0 spiro atoms. The van der Waals surface area contributed by atoms with Crippen molar-refractivity contribution >= 4 is 11.1 Å². The molecule has 5 aromatic rings. The second kappa shape index (κ2) is 7.88. The smallest absolute Gasteiger partial charge is 0.230 e. The van der Waals surface area contributed by atoms with Crippen molar-refractivity contribution in [2.24, 2.45) is 0 Å². The molecule has 0 N–H and O–H groups in total. The highest BCUT2D eigenvalue weighted by atomic mass is 19.1. The normalized spacial score (nSPS) is 17.1. The molecular weight excluding hydrogens is 431 g/mol. The average molecular weight is 455 g/mol. The van der Waals surface area contributed by atoms with E-state index in [-0.39, 0.29) is 17.5 Å². The van der Waals surface area contributed by atoms with E-state index in [1.807, 2.05) is 47.3 Å². The van der Waals surface area contributed by atoms with Crippen LogP contribution in [0.3, 0.4) is 0 Å². The molecule has 3 aromatic heterocycles. The van der Waals surface area contributed by atoms with E-state index in [0.29, 0.717) is 12.3 Å². The molecule has 0 saturated carbocycles. The van der Waals surface area contributed by atoms with Crippen LogP contribution in [0.25, 0.3) is 44.9 Å². The van der Waals surface area contributed by atoms with E-state index in [4.69, 9.17) is 14.3 Å². The van der Waals surface area contributed by atoms with E-state index in [9.17, 15) is 4.39 Å². The zero-order valence-electron chi connectivity index (χ0n) is 18.9. The predicted molar refractivity (Wildman–Crippen MR) is 127 cm³/mol. The summed E-state index contributed by atoms with van der Waals surface area (Å²) in [4.78, 5) is 8.95.